The summed E-state index contributed by atoms with van der Waals surface area (Å²) in [5.74, 6) is 0.896. The van der Waals surface area contributed by atoms with Gasteiger partial charge < -0.3 is 14.0 Å². The van der Waals surface area contributed by atoms with Crippen molar-refractivity contribution in [3.63, 3.8) is 0 Å². The number of carbonyl (C=O) groups excluding carboxylic acids is 1. The minimum absolute atomic E-state index is 0.556. The summed E-state index contributed by atoms with van der Waals surface area (Å²) in [4.78, 5) is 11.1. The number of ether oxygens (including phenoxy) is 2. The predicted octanol–water partition coefficient (Wildman–Crippen LogP) is 3.72. The summed E-state index contributed by atoms with van der Waals surface area (Å²) in [7, 11) is 1.30. The molecule has 1 heterocycles. The van der Waals surface area contributed by atoms with Gasteiger partial charge in [0.05, 0.1) is 19.9 Å². The topological polar surface area (TPSA) is 64.8 Å². The fourth-order valence-electron chi connectivity index (χ4n) is 2.74. The van der Waals surface area contributed by atoms with Crippen LogP contribution in [0.2, 0.25) is 0 Å². The van der Waals surface area contributed by atoms with Gasteiger partial charge in [-0.05, 0) is 24.6 Å². The fourth-order valence-corrected chi connectivity index (χ4v) is 2.74. The van der Waals surface area contributed by atoms with Crippen LogP contribution in [0.1, 0.15) is 11.1 Å². The number of nitrogens with one attached hydrogen (secondary N) is 1. The zero-order valence-electron chi connectivity index (χ0n) is 14.8. The molecule has 1 aromatic heterocycles. The smallest absolute Gasteiger partial charge is 0.427 e. The van der Waals surface area contributed by atoms with Gasteiger partial charge in [0.25, 0.3) is 0 Å². The molecule has 0 fully saturated rings. The molecule has 3 rings (SSSR count). The van der Waals surface area contributed by atoms with Crippen molar-refractivity contribution in [3.05, 3.63) is 65.9 Å². The van der Waals surface area contributed by atoms with E-state index < -0.39 is 6.09 Å². The van der Waals surface area contributed by atoms with E-state index in [0.717, 1.165) is 27.8 Å². The van der Waals surface area contributed by atoms with E-state index in [9.17, 15) is 4.79 Å². The normalized spacial score (nSPS) is 11.0. The maximum atomic E-state index is 11.1. The number of fused-ring (bicyclic) bond motifs is 1. The van der Waals surface area contributed by atoms with E-state index in [-0.39, 0.29) is 0 Å². The monoisotopic (exact) mass is 351 g/mol. The van der Waals surface area contributed by atoms with Gasteiger partial charge in [-0.25, -0.2) is 10.2 Å². The van der Waals surface area contributed by atoms with E-state index in [2.05, 4.69) is 19.8 Å². The molecule has 0 aliphatic rings. The van der Waals surface area contributed by atoms with E-state index >= 15 is 0 Å². The van der Waals surface area contributed by atoms with Gasteiger partial charge in [-0.2, -0.15) is 5.10 Å². The molecule has 134 valence electrons. The van der Waals surface area contributed by atoms with Crippen molar-refractivity contribution in [3.8, 4) is 5.75 Å². The Kier molecular flexibility index (Phi) is 5.53. The van der Waals surface area contributed by atoms with Crippen LogP contribution >= 0.6 is 0 Å². The van der Waals surface area contributed by atoms with Crippen LogP contribution < -0.4 is 10.2 Å². The lowest BCUT2D eigenvalue weighted by Crippen LogP contribution is -2.16. The second-order valence-electron chi connectivity index (χ2n) is 5.77. The van der Waals surface area contributed by atoms with Gasteiger partial charge in [0.2, 0.25) is 0 Å². The molecule has 0 spiro atoms. The zero-order valence-corrected chi connectivity index (χ0v) is 14.8. The van der Waals surface area contributed by atoms with Crippen LogP contribution in [0.15, 0.2) is 59.8 Å². The average Bonchev–Trinajstić information content (AvgIpc) is 3.01. The molecule has 0 saturated carbocycles. The standard InChI is InChI=1S/C20H21N3O3/c1-15-7-3-6-10-19(15)26-12-11-23-14-16(13-21-22-20(24)25-2)17-8-4-5-9-18(17)23/h3-10,13-14H,11-12H2,1-2H3,(H,22,24). The molecule has 0 radical (unpaired) electrons. The van der Waals surface area contributed by atoms with Gasteiger partial charge in [0.15, 0.2) is 0 Å². The molecule has 3 aromatic rings. The summed E-state index contributed by atoms with van der Waals surface area (Å²) in [5, 5.41) is 4.98. The summed E-state index contributed by atoms with van der Waals surface area (Å²) in [6, 6.07) is 16.0. The highest BCUT2D eigenvalue weighted by molar-refractivity contribution is 5.99. The zero-order chi connectivity index (χ0) is 18.4. The molecular weight excluding hydrogens is 330 g/mol. The lowest BCUT2D eigenvalue weighted by atomic mass is 10.2. The second kappa shape index (κ2) is 8.20. The summed E-state index contributed by atoms with van der Waals surface area (Å²) in [6.07, 6.45) is 3.00. The van der Waals surface area contributed by atoms with Crippen molar-refractivity contribution in [2.75, 3.05) is 13.7 Å². The highest BCUT2D eigenvalue weighted by Crippen LogP contribution is 2.21. The van der Waals surface area contributed by atoms with Crippen LogP contribution in [0.5, 0.6) is 5.75 Å². The minimum atomic E-state index is -0.600. The number of aryl methyl sites for hydroxylation is 1. The second-order valence-corrected chi connectivity index (χ2v) is 5.77. The van der Waals surface area contributed by atoms with Crippen molar-refractivity contribution in [1.29, 1.82) is 0 Å². The van der Waals surface area contributed by atoms with Crippen molar-refractivity contribution in [2.45, 2.75) is 13.5 Å². The first-order valence-electron chi connectivity index (χ1n) is 8.32. The molecule has 0 aliphatic heterocycles. The largest absolute Gasteiger partial charge is 0.491 e. The van der Waals surface area contributed by atoms with Crippen molar-refractivity contribution in [2.24, 2.45) is 5.10 Å². The number of para-hydroxylation sites is 2. The third-order valence-electron chi connectivity index (χ3n) is 4.05. The number of hydrogen-bond donors (Lipinski definition) is 1. The number of methoxy groups -OCH3 is 1. The van der Waals surface area contributed by atoms with Gasteiger partial charge in [-0.15, -0.1) is 0 Å². The third-order valence-corrected chi connectivity index (χ3v) is 4.05. The highest BCUT2D eigenvalue weighted by Gasteiger charge is 2.07. The van der Waals surface area contributed by atoms with Crippen LogP contribution in [0, 0.1) is 6.92 Å². The summed E-state index contributed by atoms with van der Waals surface area (Å²) >= 11 is 0. The number of benzene rings is 2. The average molecular weight is 351 g/mol. The summed E-state index contributed by atoms with van der Waals surface area (Å²) in [6.45, 7) is 3.29. The van der Waals surface area contributed by atoms with Gasteiger partial charge in [-0.3, -0.25) is 0 Å². The van der Waals surface area contributed by atoms with E-state index in [4.69, 9.17) is 4.74 Å². The Balaban J connectivity index is 1.74. The Morgan fingerprint density at radius 2 is 1.96 bits per heavy atom. The molecule has 6 heteroatoms. The van der Waals surface area contributed by atoms with Gasteiger partial charge in [0.1, 0.15) is 12.4 Å². The van der Waals surface area contributed by atoms with Crippen LogP contribution in [-0.4, -0.2) is 30.6 Å². The summed E-state index contributed by atoms with van der Waals surface area (Å²) < 4.78 is 12.5. The first-order chi connectivity index (χ1) is 12.7. The number of nitrogens with zero attached hydrogens (tertiary/aromatic N) is 2. The third kappa shape index (κ3) is 4.03. The quantitative estimate of drug-likeness (QED) is 0.544. The first-order valence-corrected chi connectivity index (χ1v) is 8.32. The number of hydrazone groups is 1. The number of hydrogen-bond acceptors (Lipinski definition) is 4. The van der Waals surface area contributed by atoms with Crippen LogP contribution in [-0.2, 0) is 11.3 Å². The van der Waals surface area contributed by atoms with E-state index in [1.54, 1.807) is 6.21 Å². The number of rotatable bonds is 6. The Morgan fingerprint density at radius 3 is 2.77 bits per heavy atom. The first kappa shape index (κ1) is 17.5. The minimum Gasteiger partial charge on any atom is -0.491 e. The number of carbonyl (C=O) groups is 1. The van der Waals surface area contributed by atoms with E-state index in [1.807, 2.05) is 61.7 Å². The van der Waals surface area contributed by atoms with Crippen molar-refractivity contribution >= 4 is 23.2 Å². The highest BCUT2D eigenvalue weighted by atomic mass is 16.5. The van der Waals surface area contributed by atoms with Gasteiger partial charge in [0, 0.05) is 22.7 Å². The maximum absolute atomic E-state index is 11.1. The van der Waals surface area contributed by atoms with Crippen LogP contribution in [0.4, 0.5) is 4.79 Å². The molecule has 0 unspecified atom stereocenters. The van der Waals surface area contributed by atoms with E-state index in [1.165, 1.54) is 7.11 Å². The molecular formula is C20H21N3O3. The molecule has 0 aliphatic carbocycles. The molecule has 1 amide bonds. The molecule has 6 nitrogen and oxygen atoms in total. The molecule has 26 heavy (non-hydrogen) atoms. The van der Waals surface area contributed by atoms with Crippen molar-refractivity contribution < 1.29 is 14.3 Å². The van der Waals surface area contributed by atoms with Crippen LogP contribution in [0.3, 0.4) is 0 Å². The van der Waals surface area contributed by atoms with Crippen LogP contribution in [0.25, 0.3) is 10.9 Å². The molecule has 1 N–H and O–H groups in total. The number of aromatic nitrogens is 1. The maximum Gasteiger partial charge on any atom is 0.427 e. The molecule has 0 bridgehead atoms. The molecule has 2 aromatic carbocycles. The lowest BCUT2D eigenvalue weighted by Gasteiger charge is -2.10. The number of amides is 1. The summed E-state index contributed by atoms with van der Waals surface area (Å²) in [5.41, 5.74) is 5.41. The van der Waals surface area contributed by atoms with Crippen molar-refractivity contribution in [1.82, 2.24) is 9.99 Å². The molecule has 0 saturated heterocycles. The Labute approximate surface area is 152 Å². The predicted molar refractivity (Wildman–Crippen MR) is 102 cm³/mol. The lowest BCUT2D eigenvalue weighted by molar-refractivity contribution is 0.171. The fraction of sp³-hybridized carbons (Fsp3) is 0.200. The van der Waals surface area contributed by atoms with Gasteiger partial charge >= 0.3 is 6.09 Å². The Bertz CT molecular complexity index is 931. The van der Waals surface area contributed by atoms with Gasteiger partial charge in [-0.1, -0.05) is 36.4 Å². The Morgan fingerprint density at radius 1 is 1.19 bits per heavy atom. The molecule has 0 atom stereocenters. The SMILES string of the molecule is COC(=O)NN=Cc1cn(CCOc2ccccc2C)c2ccccc12. The Hall–Kier alpha value is -3.28. The van der Waals surface area contributed by atoms with E-state index in [0.29, 0.717) is 13.2 Å².